The number of aromatic nitrogens is 2. The van der Waals surface area contributed by atoms with Crippen LogP contribution in [0.25, 0.3) is 0 Å². The van der Waals surface area contributed by atoms with Crippen molar-refractivity contribution in [1.29, 1.82) is 5.26 Å². The van der Waals surface area contributed by atoms with Crippen LogP contribution in [0.15, 0.2) is 30.3 Å². The predicted molar refractivity (Wildman–Crippen MR) is 67.4 cm³/mol. The average Bonchev–Trinajstić information content (AvgIpc) is 2.41. The van der Waals surface area contributed by atoms with E-state index in [1.54, 1.807) is 18.2 Å². The van der Waals surface area contributed by atoms with Crippen LogP contribution in [0.2, 0.25) is 0 Å². The molecule has 0 N–H and O–H groups in total. The average molecular weight is 239 g/mol. The highest BCUT2D eigenvalue weighted by molar-refractivity contribution is 5.34. The minimum absolute atomic E-state index is 0.339. The van der Waals surface area contributed by atoms with Gasteiger partial charge in [0, 0.05) is 11.8 Å². The molecule has 2 aromatic heterocycles. The molecule has 4 nitrogen and oxygen atoms in total. The lowest BCUT2D eigenvalue weighted by molar-refractivity contribution is 0.453. The van der Waals surface area contributed by atoms with Crippen LogP contribution >= 0.6 is 0 Å². The zero-order valence-corrected chi connectivity index (χ0v) is 10.3. The van der Waals surface area contributed by atoms with Gasteiger partial charge in [-0.15, -0.1) is 0 Å². The quantitative estimate of drug-likeness (QED) is 0.826. The van der Waals surface area contributed by atoms with E-state index in [1.165, 1.54) is 0 Å². The molecule has 90 valence electrons. The third-order valence-electron chi connectivity index (χ3n) is 2.46. The maximum atomic E-state index is 8.78. The largest absolute Gasteiger partial charge is 0.437 e. The highest BCUT2D eigenvalue weighted by Crippen LogP contribution is 2.23. The van der Waals surface area contributed by atoms with Gasteiger partial charge in [0.25, 0.3) is 0 Å². The summed E-state index contributed by atoms with van der Waals surface area (Å²) in [6, 6.07) is 10.9. The Labute approximate surface area is 106 Å². The molecule has 18 heavy (non-hydrogen) atoms. The molecule has 0 aromatic carbocycles. The van der Waals surface area contributed by atoms with Crippen molar-refractivity contribution in [3.8, 4) is 17.7 Å². The maximum absolute atomic E-state index is 8.78. The fraction of sp³-hybridized carbons (Fsp3) is 0.214. The van der Waals surface area contributed by atoms with Crippen LogP contribution < -0.4 is 4.74 Å². The Morgan fingerprint density at radius 1 is 1.22 bits per heavy atom. The first-order chi connectivity index (χ1) is 8.72. The SMILES string of the molecule is CCc1nc(C)ccc1Oc1cccc(C#N)n1. The van der Waals surface area contributed by atoms with Crippen LogP contribution in [0.4, 0.5) is 0 Å². The number of aryl methyl sites for hydroxylation is 2. The van der Waals surface area contributed by atoms with Gasteiger partial charge in [-0.25, -0.2) is 4.98 Å². The van der Waals surface area contributed by atoms with E-state index in [0.29, 0.717) is 17.3 Å². The summed E-state index contributed by atoms with van der Waals surface area (Å²) in [7, 11) is 0. The lowest BCUT2D eigenvalue weighted by Gasteiger charge is -2.09. The Balaban J connectivity index is 2.31. The minimum atomic E-state index is 0.339. The molecule has 4 heteroatoms. The second-order valence-electron chi connectivity index (χ2n) is 3.83. The molecule has 0 aliphatic carbocycles. The molecule has 0 aliphatic heterocycles. The van der Waals surface area contributed by atoms with Gasteiger partial charge in [-0.05, 0) is 31.5 Å². The van der Waals surface area contributed by atoms with E-state index in [0.717, 1.165) is 17.8 Å². The lowest BCUT2D eigenvalue weighted by Crippen LogP contribution is -1.97. The molecule has 0 aliphatic rings. The molecule has 0 unspecified atom stereocenters. The Kier molecular flexibility index (Phi) is 3.54. The maximum Gasteiger partial charge on any atom is 0.220 e. The molecule has 0 atom stereocenters. The van der Waals surface area contributed by atoms with E-state index in [9.17, 15) is 0 Å². The number of ether oxygens (including phenoxy) is 1. The zero-order valence-electron chi connectivity index (χ0n) is 10.3. The Hall–Kier alpha value is -2.41. The Morgan fingerprint density at radius 2 is 2.06 bits per heavy atom. The van der Waals surface area contributed by atoms with E-state index in [4.69, 9.17) is 10.00 Å². The Morgan fingerprint density at radius 3 is 2.78 bits per heavy atom. The fourth-order valence-electron chi connectivity index (χ4n) is 1.59. The van der Waals surface area contributed by atoms with Gasteiger partial charge in [0.15, 0.2) is 5.75 Å². The standard InChI is InChI=1S/C14H13N3O/c1-3-12-13(8-7-10(2)16-12)18-14-6-4-5-11(9-15)17-14/h4-8H,3H2,1-2H3. The van der Waals surface area contributed by atoms with Gasteiger partial charge in [0.2, 0.25) is 5.88 Å². The van der Waals surface area contributed by atoms with Gasteiger partial charge < -0.3 is 4.74 Å². The highest BCUT2D eigenvalue weighted by atomic mass is 16.5. The van der Waals surface area contributed by atoms with Crippen LogP contribution in [0.5, 0.6) is 11.6 Å². The van der Waals surface area contributed by atoms with Crippen molar-refractivity contribution in [3.63, 3.8) is 0 Å². The topological polar surface area (TPSA) is 58.8 Å². The number of pyridine rings is 2. The number of hydrogen-bond donors (Lipinski definition) is 0. The fourth-order valence-corrected chi connectivity index (χ4v) is 1.59. The molecular weight excluding hydrogens is 226 g/mol. The smallest absolute Gasteiger partial charge is 0.220 e. The summed E-state index contributed by atoms with van der Waals surface area (Å²) in [6.07, 6.45) is 0.787. The molecule has 0 saturated carbocycles. The van der Waals surface area contributed by atoms with Crippen LogP contribution in [0.3, 0.4) is 0 Å². The molecule has 2 rings (SSSR count). The second kappa shape index (κ2) is 5.28. The molecule has 0 bridgehead atoms. The van der Waals surface area contributed by atoms with E-state index in [1.807, 2.05) is 32.0 Å². The van der Waals surface area contributed by atoms with E-state index in [-0.39, 0.29) is 0 Å². The van der Waals surface area contributed by atoms with E-state index >= 15 is 0 Å². The summed E-state index contributed by atoms with van der Waals surface area (Å²) in [4.78, 5) is 8.49. The third kappa shape index (κ3) is 2.64. The third-order valence-corrected chi connectivity index (χ3v) is 2.46. The van der Waals surface area contributed by atoms with Crippen molar-refractivity contribution in [2.45, 2.75) is 20.3 Å². The van der Waals surface area contributed by atoms with Crippen molar-refractivity contribution in [2.75, 3.05) is 0 Å². The van der Waals surface area contributed by atoms with Gasteiger partial charge >= 0.3 is 0 Å². The van der Waals surface area contributed by atoms with Crippen LogP contribution in [-0.2, 0) is 6.42 Å². The van der Waals surface area contributed by atoms with Crippen molar-refractivity contribution in [3.05, 3.63) is 47.4 Å². The molecule has 0 radical (unpaired) electrons. The molecule has 0 spiro atoms. The molecule has 2 heterocycles. The molecule has 0 saturated heterocycles. The van der Waals surface area contributed by atoms with Crippen molar-refractivity contribution < 1.29 is 4.74 Å². The highest BCUT2D eigenvalue weighted by Gasteiger charge is 2.06. The second-order valence-corrected chi connectivity index (χ2v) is 3.83. The zero-order chi connectivity index (χ0) is 13.0. The monoisotopic (exact) mass is 239 g/mol. The summed E-state index contributed by atoms with van der Waals surface area (Å²) in [5, 5.41) is 8.78. The normalized spacial score (nSPS) is 9.83. The van der Waals surface area contributed by atoms with Crippen LogP contribution in [0, 0.1) is 18.3 Å². The molecular formula is C14H13N3O. The number of hydrogen-bond acceptors (Lipinski definition) is 4. The van der Waals surface area contributed by atoms with Gasteiger partial charge in [-0.2, -0.15) is 5.26 Å². The summed E-state index contributed by atoms with van der Waals surface area (Å²) in [5.74, 6) is 1.10. The molecule has 0 fully saturated rings. The molecule has 2 aromatic rings. The van der Waals surface area contributed by atoms with Crippen molar-refractivity contribution in [1.82, 2.24) is 9.97 Å². The van der Waals surface area contributed by atoms with Crippen LogP contribution in [0.1, 0.15) is 24.0 Å². The van der Waals surface area contributed by atoms with Crippen LogP contribution in [-0.4, -0.2) is 9.97 Å². The van der Waals surface area contributed by atoms with Gasteiger partial charge in [0.1, 0.15) is 11.8 Å². The number of rotatable bonds is 3. The van der Waals surface area contributed by atoms with E-state index < -0.39 is 0 Å². The first-order valence-electron chi connectivity index (χ1n) is 5.74. The first-order valence-corrected chi connectivity index (χ1v) is 5.74. The summed E-state index contributed by atoms with van der Waals surface area (Å²) < 4.78 is 5.67. The van der Waals surface area contributed by atoms with E-state index in [2.05, 4.69) is 9.97 Å². The lowest BCUT2D eigenvalue weighted by atomic mass is 10.2. The summed E-state index contributed by atoms with van der Waals surface area (Å²) >= 11 is 0. The predicted octanol–water partition coefficient (Wildman–Crippen LogP) is 3.01. The first kappa shape index (κ1) is 12.1. The number of nitriles is 1. The minimum Gasteiger partial charge on any atom is -0.437 e. The van der Waals surface area contributed by atoms with Gasteiger partial charge in [0.05, 0.1) is 5.69 Å². The van der Waals surface area contributed by atoms with Crippen molar-refractivity contribution in [2.24, 2.45) is 0 Å². The number of nitrogens with zero attached hydrogens (tertiary/aromatic N) is 3. The Bertz CT molecular complexity index is 602. The van der Waals surface area contributed by atoms with Gasteiger partial charge in [-0.1, -0.05) is 13.0 Å². The van der Waals surface area contributed by atoms with Crippen molar-refractivity contribution >= 4 is 0 Å². The van der Waals surface area contributed by atoms with Gasteiger partial charge in [-0.3, -0.25) is 4.98 Å². The summed E-state index contributed by atoms with van der Waals surface area (Å²) in [6.45, 7) is 3.96. The summed E-state index contributed by atoms with van der Waals surface area (Å²) in [5.41, 5.74) is 2.18. The molecule has 0 amide bonds.